The molecule has 0 saturated heterocycles. The fourth-order valence-electron chi connectivity index (χ4n) is 2.04. The summed E-state index contributed by atoms with van der Waals surface area (Å²) in [4.78, 5) is 20.3. The number of benzene rings is 1. The Hall–Kier alpha value is -2.63. The topological polar surface area (TPSA) is 76.1 Å². The molecule has 24 heavy (non-hydrogen) atoms. The van der Waals surface area contributed by atoms with Gasteiger partial charge in [-0.25, -0.2) is 9.78 Å². The second-order valence-corrected chi connectivity index (χ2v) is 5.80. The zero-order valence-corrected chi connectivity index (χ0v) is 14.4. The van der Waals surface area contributed by atoms with Crippen LogP contribution in [0.15, 0.2) is 36.5 Å². The Kier molecular flexibility index (Phi) is 6.54. The molecule has 6 nitrogen and oxygen atoms in total. The molecular weight excluding hydrogens is 304 g/mol. The van der Waals surface area contributed by atoms with Crippen LogP contribution in [0.25, 0.3) is 0 Å². The van der Waals surface area contributed by atoms with E-state index in [1.165, 1.54) is 0 Å². The van der Waals surface area contributed by atoms with Crippen molar-refractivity contribution in [1.29, 1.82) is 0 Å². The van der Waals surface area contributed by atoms with Crippen molar-refractivity contribution in [3.05, 3.63) is 42.1 Å². The quantitative estimate of drug-likeness (QED) is 0.717. The van der Waals surface area contributed by atoms with Crippen molar-refractivity contribution in [2.24, 2.45) is 5.92 Å². The van der Waals surface area contributed by atoms with E-state index in [9.17, 15) is 4.79 Å². The molecule has 0 aliphatic rings. The third kappa shape index (κ3) is 5.53. The van der Waals surface area contributed by atoms with Crippen LogP contribution in [0.5, 0.6) is 0 Å². The van der Waals surface area contributed by atoms with Crippen molar-refractivity contribution in [3.8, 4) is 0 Å². The number of carbonyl (C=O) groups is 1. The Morgan fingerprint density at radius 3 is 2.62 bits per heavy atom. The molecular formula is C18H24N4O2. The summed E-state index contributed by atoms with van der Waals surface area (Å²) >= 11 is 0. The van der Waals surface area contributed by atoms with Gasteiger partial charge in [-0.3, -0.25) is 0 Å². The molecule has 0 amide bonds. The lowest BCUT2D eigenvalue weighted by Gasteiger charge is -2.10. The van der Waals surface area contributed by atoms with E-state index in [-0.39, 0.29) is 5.97 Å². The Morgan fingerprint density at radius 1 is 1.21 bits per heavy atom. The van der Waals surface area contributed by atoms with Crippen LogP contribution in [0, 0.1) is 5.92 Å². The van der Waals surface area contributed by atoms with E-state index < -0.39 is 0 Å². The summed E-state index contributed by atoms with van der Waals surface area (Å²) in [6.45, 7) is 7.40. The zero-order valence-electron chi connectivity index (χ0n) is 14.4. The molecule has 0 aliphatic carbocycles. The molecule has 2 rings (SSSR count). The number of esters is 1. The molecule has 0 spiro atoms. The molecule has 0 bridgehead atoms. The van der Waals surface area contributed by atoms with E-state index in [2.05, 4.69) is 34.4 Å². The summed E-state index contributed by atoms with van der Waals surface area (Å²) in [7, 11) is 0. The molecule has 0 fully saturated rings. The average Bonchev–Trinajstić information content (AvgIpc) is 2.56. The Labute approximate surface area is 142 Å². The lowest BCUT2D eigenvalue weighted by molar-refractivity contribution is 0.0526. The fraction of sp³-hybridized carbons (Fsp3) is 0.389. The summed E-state index contributed by atoms with van der Waals surface area (Å²) in [5.41, 5.74) is 1.33. The van der Waals surface area contributed by atoms with Crippen molar-refractivity contribution in [2.45, 2.75) is 27.2 Å². The lowest BCUT2D eigenvalue weighted by atomic mass is 10.1. The van der Waals surface area contributed by atoms with Crippen LogP contribution < -0.4 is 10.6 Å². The highest BCUT2D eigenvalue weighted by atomic mass is 16.5. The Bertz CT molecular complexity index is 656. The van der Waals surface area contributed by atoms with Gasteiger partial charge in [-0.15, -0.1) is 0 Å². The SMILES string of the molecule is CCOC(=O)c1ccc(Nc2nccc(NCCC(C)C)n2)cc1. The van der Waals surface area contributed by atoms with Crippen LogP contribution in [-0.2, 0) is 4.74 Å². The van der Waals surface area contributed by atoms with Gasteiger partial charge in [0.2, 0.25) is 5.95 Å². The maximum Gasteiger partial charge on any atom is 0.338 e. The van der Waals surface area contributed by atoms with Gasteiger partial charge in [0, 0.05) is 18.4 Å². The van der Waals surface area contributed by atoms with Crippen molar-refractivity contribution in [3.63, 3.8) is 0 Å². The second kappa shape index (κ2) is 8.86. The normalized spacial score (nSPS) is 10.5. The van der Waals surface area contributed by atoms with Gasteiger partial charge in [0.05, 0.1) is 12.2 Å². The first-order valence-corrected chi connectivity index (χ1v) is 8.19. The molecule has 0 atom stereocenters. The molecule has 1 heterocycles. The van der Waals surface area contributed by atoms with Crippen molar-refractivity contribution in [2.75, 3.05) is 23.8 Å². The zero-order chi connectivity index (χ0) is 17.4. The number of aromatic nitrogens is 2. The number of ether oxygens (including phenoxy) is 1. The minimum Gasteiger partial charge on any atom is -0.462 e. The van der Waals surface area contributed by atoms with E-state index in [1.54, 1.807) is 37.4 Å². The van der Waals surface area contributed by atoms with Gasteiger partial charge >= 0.3 is 5.97 Å². The van der Waals surface area contributed by atoms with Gasteiger partial charge in [0.15, 0.2) is 0 Å². The monoisotopic (exact) mass is 328 g/mol. The number of nitrogens with one attached hydrogen (secondary N) is 2. The molecule has 0 unspecified atom stereocenters. The van der Waals surface area contributed by atoms with Gasteiger partial charge in [0.1, 0.15) is 5.82 Å². The largest absolute Gasteiger partial charge is 0.462 e. The van der Waals surface area contributed by atoms with Gasteiger partial charge < -0.3 is 15.4 Å². The first kappa shape index (κ1) is 17.7. The third-order valence-corrected chi connectivity index (χ3v) is 3.34. The Balaban J connectivity index is 1.96. The van der Waals surface area contributed by atoms with E-state index >= 15 is 0 Å². The van der Waals surface area contributed by atoms with Crippen molar-refractivity contribution < 1.29 is 9.53 Å². The number of nitrogens with zero attached hydrogens (tertiary/aromatic N) is 2. The smallest absolute Gasteiger partial charge is 0.338 e. The number of rotatable bonds is 8. The molecule has 2 N–H and O–H groups in total. The highest BCUT2D eigenvalue weighted by molar-refractivity contribution is 5.89. The van der Waals surface area contributed by atoms with E-state index in [1.807, 2.05) is 6.07 Å². The van der Waals surface area contributed by atoms with Gasteiger partial charge in [-0.2, -0.15) is 4.98 Å². The molecule has 128 valence electrons. The predicted octanol–water partition coefficient (Wildman–Crippen LogP) is 3.85. The van der Waals surface area contributed by atoms with Crippen LogP contribution in [0.4, 0.5) is 17.5 Å². The number of hydrogen-bond donors (Lipinski definition) is 2. The second-order valence-electron chi connectivity index (χ2n) is 5.80. The van der Waals surface area contributed by atoms with E-state index in [0.717, 1.165) is 24.5 Å². The van der Waals surface area contributed by atoms with Crippen molar-refractivity contribution >= 4 is 23.4 Å². The standard InChI is InChI=1S/C18H24N4O2/c1-4-24-17(23)14-5-7-15(8-6-14)21-18-20-12-10-16(22-18)19-11-9-13(2)3/h5-8,10,12-13H,4,9,11H2,1-3H3,(H2,19,20,21,22). The van der Waals surface area contributed by atoms with Crippen LogP contribution in [-0.4, -0.2) is 29.1 Å². The minimum absolute atomic E-state index is 0.323. The Morgan fingerprint density at radius 2 is 1.96 bits per heavy atom. The summed E-state index contributed by atoms with van der Waals surface area (Å²) in [6, 6.07) is 8.87. The summed E-state index contributed by atoms with van der Waals surface area (Å²) < 4.78 is 4.96. The first-order valence-electron chi connectivity index (χ1n) is 8.19. The van der Waals surface area contributed by atoms with Gasteiger partial charge in [-0.1, -0.05) is 13.8 Å². The lowest BCUT2D eigenvalue weighted by Crippen LogP contribution is -2.07. The maximum atomic E-state index is 11.6. The van der Waals surface area contributed by atoms with E-state index in [4.69, 9.17) is 4.74 Å². The number of anilines is 3. The molecule has 6 heteroatoms. The summed E-state index contributed by atoms with van der Waals surface area (Å²) in [6.07, 6.45) is 2.79. The number of hydrogen-bond acceptors (Lipinski definition) is 6. The summed E-state index contributed by atoms with van der Waals surface area (Å²) in [5, 5.41) is 6.42. The van der Waals surface area contributed by atoms with Crippen LogP contribution >= 0.6 is 0 Å². The maximum absolute atomic E-state index is 11.6. The highest BCUT2D eigenvalue weighted by Gasteiger charge is 2.06. The van der Waals surface area contributed by atoms with Crippen molar-refractivity contribution in [1.82, 2.24) is 9.97 Å². The first-order chi connectivity index (χ1) is 11.6. The van der Waals surface area contributed by atoms with E-state index in [0.29, 0.717) is 24.0 Å². The van der Waals surface area contributed by atoms with Gasteiger partial charge in [0.25, 0.3) is 0 Å². The molecule has 0 radical (unpaired) electrons. The van der Waals surface area contributed by atoms with Crippen LogP contribution in [0.2, 0.25) is 0 Å². The number of carbonyl (C=O) groups excluding carboxylic acids is 1. The molecule has 1 aromatic heterocycles. The fourth-order valence-corrected chi connectivity index (χ4v) is 2.04. The predicted molar refractivity (Wildman–Crippen MR) is 95.7 cm³/mol. The highest BCUT2D eigenvalue weighted by Crippen LogP contribution is 2.16. The molecule has 1 aromatic carbocycles. The average molecular weight is 328 g/mol. The van der Waals surface area contributed by atoms with Crippen LogP contribution in [0.1, 0.15) is 37.6 Å². The molecule has 2 aromatic rings. The summed E-state index contributed by atoms with van der Waals surface area (Å²) in [5.74, 6) is 1.62. The molecule has 0 saturated carbocycles. The minimum atomic E-state index is -0.323. The molecule has 0 aliphatic heterocycles. The third-order valence-electron chi connectivity index (χ3n) is 3.34. The van der Waals surface area contributed by atoms with Gasteiger partial charge in [-0.05, 0) is 49.6 Å². The van der Waals surface area contributed by atoms with Crippen LogP contribution in [0.3, 0.4) is 0 Å².